The Kier molecular flexibility index (Phi) is 9.90. The van der Waals surface area contributed by atoms with Gasteiger partial charge in [-0.2, -0.15) is 0 Å². The zero-order chi connectivity index (χ0) is 22.1. The zero-order valence-corrected chi connectivity index (χ0v) is 20.0. The van der Waals surface area contributed by atoms with Crippen molar-refractivity contribution in [2.24, 2.45) is 0 Å². The Balaban J connectivity index is 1.80. The highest BCUT2D eigenvalue weighted by Crippen LogP contribution is 2.24. The average molecular weight is 494 g/mol. The number of carbonyl (C=O) groups is 1. The van der Waals surface area contributed by atoms with Crippen molar-refractivity contribution in [2.75, 3.05) is 32.6 Å². The molecule has 166 valence electrons. The molecule has 0 amide bonds. The van der Waals surface area contributed by atoms with Gasteiger partial charge in [-0.25, -0.2) is 17.5 Å². The predicted octanol–water partition coefficient (Wildman–Crippen LogP) is 4.89. The fraction of sp³-hybridized carbons (Fsp3) is 0.450. The second kappa shape index (κ2) is 11.9. The van der Waals surface area contributed by atoms with Crippen LogP contribution in [0.2, 0.25) is 10.0 Å². The molecular formula is C20H25Cl2NO5S2. The molecule has 0 unspecified atom stereocenters. The van der Waals surface area contributed by atoms with Crippen LogP contribution in [0.5, 0.6) is 5.75 Å². The lowest BCUT2D eigenvalue weighted by molar-refractivity contribution is 0.0532. The van der Waals surface area contributed by atoms with Gasteiger partial charge in [0.15, 0.2) is 0 Å². The molecule has 1 aromatic carbocycles. The molecule has 2 rings (SSSR count). The SMILES string of the molecule is CCOC(=O)c1ccc(CCCN(CCCOc2cc(Cl)cc(Cl)c2)S(C)(=O)=O)s1. The molecule has 0 bridgehead atoms. The summed E-state index contributed by atoms with van der Waals surface area (Å²) in [6.45, 7) is 3.20. The first kappa shape index (κ1) is 24.9. The summed E-state index contributed by atoms with van der Waals surface area (Å²) >= 11 is 13.3. The number of rotatable bonds is 12. The molecule has 0 spiro atoms. The summed E-state index contributed by atoms with van der Waals surface area (Å²) in [6, 6.07) is 8.56. The second-order valence-electron chi connectivity index (χ2n) is 6.56. The second-order valence-corrected chi connectivity index (χ2v) is 10.6. The van der Waals surface area contributed by atoms with Gasteiger partial charge in [-0.05, 0) is 56.5 Å². The molecule has 0 aliphatic heterocycles. The summed E-state index contributed by atoms with van der Waals surface area (Å²) in [7, 11) is -3.33. The fourth-order valence-electron chi connectivity index (χ4n) is 2.74. The zero-order valence-electron chi connectivity index (χ0n) is 16.9. The average Bonchev–Trinajstić information content (AvgIpc) is 3.11. The number of thiophene rings is 1. The van der Waals surface area contributed by atoms with E-state index in [1.54, 1.807) is 31.2 Å². The van der Waals surface area contributed by atoms with Crippen LogP contribution in [-0.4, -0.2) is 51.3 Å². The number of aryl methyl sites for hydroxylation is 1. The number of halogens is 2. The quantitative estimate of drug-likeness (QED) is 0.310. The van der Waals surface area contributed by atoms with Crippen LogP contribution in [-0.2, 0) is 21.2 Å². The van der Waals surface area contributed by atoms with Crippen molar-refractivity contribution in [3.8, 4) is 5.75 Å². The van der Waals surface area contributed by atoms with Crippen molar-refractivity contribution < 1.29 is 22.7 Å². The molecular weight excluding hydrogens is 469 g/mol. The van der Waals surface area contributed by atoms with E-state index in [2.05, 4.69) is 0 Å². The lowest BCUT2D eigenvalue weighted by atomic mass is 10.2. The van der Waals surface area contributed by atoms with Gasteiger partial charge in [-0.1, -0.05) is 23.2 Å². The van der Waals surface area contributed by atoms with Crippen molar-refractivity contribution >= 4 is 50.5 Å². The molecule has 1 heterocycles. The molecule has 0 aliphatic rings. The minimum Gasteiger partial charge on any atom is -0.493 e. The maximum Gasteiger partial charge on any atom is 0.348 e. The summed E-state index contributed by atoms with van der Waals surface area (Å²) in [5, 5.41) is 0.963. The summed E-state index contributed by atoms with van der Waals surface area (Å²) in [4.78, 5) is 13.3. The monoisotopic (exact) mass is 493 g/mol. The lowest BCUT2D eigenvalue weighted by Crippen LogP contribution is -2.33. The number of nitrogens with zero attached hydrogens (tertiary/aromatic N) is 1. The summed E-state index contributed by atoms with van der Waals surface area (Å²) in [5.74, 6) is 0.223. The van der Waals surface area contributed by atoms with Crippen molar-refractivity contribution in [1.29, 1.82) is 0 Å². The highest BCUT2D eigenvalue weighted by atomic mass is 35.5. The van der Waals surface area contributed by atoms with Gasteiger partial charge in [0.1, 0.15) is 10.6 Å². The van der Waals surface area contributed by atoms with Crippen LogP contribution >= 0.6 is 34.5 Å². The maximum atomic E-state index is 12.1. The molecule has 0 N–H and O–H groups in total. The Morgan fingerprint density at radius 3 is 2.40 bits per heavy atom. The Labute approximate surface area is 191 Å². The number of sulfonamides is 1. The first-order chi connectivity index (χ1) is 14.2. The van der Waals surface area contributed by atoms with Crippen LogP contribution in [0.1, 0.15) is 34.3 Å². The van der Waals surface area contributed by atoms with Gasteiger partial charge in [0.2, 0.25) is 10.0 Å². The van der Waals surface area contributed by atoms with Crippen LogP contribution < -0.4 is 4.74 Å². The summed E-state index contributed by atoms with van der Waals surface area (Å²) in [5.41, 5.74) is 0. The predicted molar refractivity (Wildman–Crippen MR) is 122 cm³/mol. The third-order valence-electron chi connectivity index (χ3n) is 4.09. The first-order valence-electron chi connectivity index (χ1n) is 9.49. The smallest absolute Gasteiger partial charge is 0.348 e. The van der Waals surface area contributed by atoms with Crippen LogP contribution in [0.15, 0.2) is 30.3 Å². The van der Waals surface area contributed by atoms with E-state index >= 15 is 0 Å². The van der Waals surface area contributed by atoms with Crippen molar-refractivity contribution in [2.45, 2.75) is 26.2 Å². The fourth-order valence-corrected chi connectivity index (χ4v) is 5.11. The van der Waals surface area contributed by atoms with E-state index < -0.39 is 10.0 Å². The summed E-state index contributed by atoms with van der Waals surface area (Å²) < 4.78 is 36.2. The van der Waals surface area contributed by atoms with E-state index in [1.165, 1.54) is 21.9 Å². The van der Waals surface area contributed by atoms with Gasteiger partial charge in [-0.15, -0.1) is 11.3 Å². The van der Waals surface area contributed by atoms with E-state index in [9.17, 15) is 13.2 Å². The minimum atomic E-state index is -3.33. The molecule has 30 heavy (non-hydrogen) atoms. The van der Waals surface area contributed by atoms with Crippen molar-refractivity contribution in [3.05, 3.63) is 50.1 Å². The van der Waals surface area contributed by atoms with Gasteiger partial charge >= 0.3 is 5.97 Å². The van der Waals surface area contributed by atoms with Crippen LogP contribution in [0.25, 0.3) is 0 Å². The Bertz CT molecular complexity index is 926. The molecule has 0 atom stereocenters. The lowest BCUT2D eigenvalue weighted by Gasteiger charge is -2.20. The van der Waals surface area contributed by atoms with E-state index in [0.717, 1.165) is 4.88 Å². The number of benzene rings is 1. The highest BCUT2D eigenvalue weighted by molar-refractivity contribution is 7.88. The molecule has 10 heteroatoms. The molecule has 2 aromatic rings. The van der Waals surface area contributed by atoms with Gasteiger partial charge in [0.25, 0.3) is 0 Å². The van der Waals surface area contributed by atoms with Crippen LogP contribution in [0.4, 0.5) is 0 Å². The van der Waals surface area contributed by atoms with Gasteiger partial charge < -0.3 is 9.47 Å². The standard InChI is InChI=1S/C20H25Cl2NO5S2/c1-3-27-20(24)19-8-7-18(29-19)6-4-9-23(30(2,25)26)10-5-11-28-17-13-15(21)12-16(22)14-17/h7-8,12-14H,3-6,9-11H2,1-2H3. The Morgan fingerprint density at radius 1 is 1.10 bits per heavy atom. The highest BCUT2D eigenvalue weighted by Gasteiger charge is 2.16. The number of ether oxygens (including phenoxy) is 2. The van der Waals surface area contributed by atoms with Gasteiger partial charge in [0.05, 0.1) is 19.5 Å². The first-order valence-corrected chi connectivity index (χ1v) is 12.9. The minimum absolute atomic E-state index is 0.326. The van der Waals surface area contributed by atoms with Crippen molar-refractivity contribution in [1.82, 2.24) is 4.31 Å². The molecule has 0 radical (unpaired) electrons. The number of hydrogen-bond acceptors (Lipinski definition) is 6. The maximum absolute atomic E-state index is 12.1. The van der Waals surface area contributed by atoms with E-state index in [1.807, 2.05) is 6.07 Å². The molecule has 0 fully saturated rings. The van der Waals surface area contributed by atoms with Crippen LogP contribution in [0, 0.1) is 0 Å². The van der Waals surface area contributed by atoms with E-state index in [0.29, 0.717) is 66.2 Å². The molecule has 1 aromatic heterocycles. The molecule has 0 saturated heterocycles. The molecule has 6 nitrogen and oxygen atoms in total. The molecule has 0 saturated carbocycles. The number of hydrogen-bond donors (Lipinski definition) is 0. The molecule has 0 aliphatic carbocycles. The van der Waals surface area contributed by atoms with E-state index in [4.69, 9.17) is 32.7 Å². The summed E-state index contributed by atoms with van der Waals surface area (Å²) in [6.07, 6.45) is 3.08. The number of esters is 1. The Hall–Kier alpha value is -1.32. The number of carbonyl (C=O) groups excluding carboxylic acids is 1. The Morgan fingerprint density at radius 2 is 1.77 bits per heavy atom. The van der Waals surface area contributed by atoms with Crippen LogP contribution in [0.3, 0.4) is 0 Å². The topological polar surface area (TPSA) is 72.9 Å². The van der Waals surface area contributed by atoms with Crippen molar-refractivity contribution in [3.63, 3.8) is 0 Å². The normalized spacial score (nSPS) is 11.6. The third-order valence-corrected chi connectivity index (χ3v) is 6.96. The third kappa shape index (κ3) is 8.43. The largest absolute Gasteiger partial charge is 0.493 e. The van der Waals surface area contributed by atoms with Gasteiger partial charge in [-0.3, -0.25) is 0 Å². The van der Waals surface area contributed by atoms with Gasteiger partial charge in [0, 0.05) is 28.0 Å². The van der Waals surface area contributed by atoms with E-state index in [-0.39, 0.29) is 5.97 Å².